The average Bonchev–Trinajstić information content (AvgIpc) is 2.18. The van der Waals surface area contributed by atoms with E-state index in [0.29, 0.717) is 12.6 Å². The molecule has 0 aromatic carbocycles. The molecule has 2 fully saturated rings. The normalized spacial score (nSPS) is 28.7. The number of rotatable bonds is 2. The van der Waals surface area contributed by atoms with E-state index in [-0.39, 0.29) is 5.91 Å². The number of carbonyl (C=O) groups is 1. The maximum absolute atomic E-state index is 11.5. The highest BCUT2D eigenvalue weighted by Gasteiger charge is 2.32. The maximum atomic E-state index is 11.5. The molecule has 4 nitrogen and oxygen atoms in total. The Morgan fingerprint density at radius 2 is 2.43 bits per heavy atom. The number of nitrogens with zero attached hydrogens (tertiary/aromatic N) is 2. The Morgan fingerprint density at radius 1 is 1.57 bits per heavy atom. The van der Waals surface area contributed by atoms with E-state index in [1.807, 2.05) is 11.0 Å². The molecule has 0 saturated carbocycles. The Bertz CT molecular complexity index is 242. The number of fused-ring (bicyclic) bond motifs is 1. The lowest BCUT2D eigenvalue weighted by atomic mass is 10.1. The molecule has 0 aliphatic carbocycles. The summed E-state index contributed by atoms with van der Waals surface area (Å²) in [6.45, 7) is 8.94. The number of carbonyl (C=O) groups excluding carboxylic acids is 1. The molecular weight excluding hydrogens is 178 g/mol. The van der Waals surface area contributed by atoms with Crippen LogP contribution in [0.3, 0.4) is 0 Å². The van der Waals surface area contributed by atoms with Crippen LogP contribution >= 0.6 is 0 Å². The molecule has 1 unspecified atom stereocenters. The third-order valence-corrected chi connectivity index (χ3v) is 2.93. The van der Waals surface area contributed by atoms with Gasteiger partial charge in [-0.05, 0) is 0 Å². The number of amides is 1. The van der Waals surface area contributed by atoms with Crippen LogP contribution in [0.25, 0.3) is 0 Å². The molecule has 1 amide bonds. The van der Waals surface area contributed by atoms with E-state index in [0.717, 1.165) is 32.7 Å². The minimum Gasteiger partial charge on any atom is -0.335 e. The first-order chi connectivity index (χ1) is 6.81. The molecule has 0 spiro atoms. The van der Waals surface area contributed by atoms with E-state index in [1.54, 1.807) is 0 Å². The molecule has 14 heavy (non-hydrogen) atoms. The first kappa shape index (κ1) is 9.68. The lowest BCUT2D eigenvalue weighted by molar-refractivity contribution is -0.137. The summed E-state index contributed by atoms with van der Waals surface area (Å²) in [4.78, 5) is 15.9. The predicted molar refractivity (Wildman–Crippen MR) is 55.0 cm³/mol. The zero-order valence-electron chi connectivity index (χ0n) is 8.41. The molecule has 4 heteroatoms. The Hall–Kier alpha value is -0.870. The second-order valence-electron chi connectivity index (χ2n) is 3.92. The van der Waals surface area contributed by atoms with Crippen molar-refractivity contribution >= 4 is 5.91 Å². The van der Waals surface area contributed by atoms with Gasteiger partial charge >= 0.3 is 0 Å². The van der Waals surface area contributed by atoms with Gasteiger partial charge in [-0.1, -0.05) is 6.08 Å². The van der Waals surface area contributed by atoms with Gasteiger partial charge in [0.25, 0.3) is 0 Å². The second kappa shape index (κ2) is 4.11. The van der Waals surface area contributed by atoms with Crippen LogP contribution in [0.5, 0.6) is 0 Å². The van der Waals surface area contributed by atoms with Gasteiger partial charge in [0.05, 0.1) is 12.6 Å². The van der Waals surface area contributed by atoms with Gasteiger partial charge in [0, 0.05) is 32.7 Å². The zero-order valence-corrected chi connectivity index (χ0v) is 8.41. The largest absolute Gasteiger partial charge is 0.335 e. The fraction of sp³-hybridized carbons (Fsp3) is 0.700. The summed E-state index contributed by atoms with van der Waals surface area (Å²) in [5.74, 6) is 0.250. The summed E-state index contributed by atoms with van der Waals surface area (Å²) < 4.78 is 0. The lowest BCUT2D eigenvalue weighted by Gasteiger charge is -2.43. The van der Waals surface area contributed by atoms with Crippen molar-refractivity contribution in [2.45, 2.75) is 6.04 Å². The highest BCUT2D eigenvalue weighted by atomic mass is 16.2. The Balaban J connectivity index is 1.96. The molecule has 0 bridgehead atoms. The van der Waals surface area contributed by atoms with Gasteiger partial charge in [0.15, 0.2) is 0 Å². The summed E-state index contributed by atoms with van der Waals surface area (Å²) >= 11 is 0. The molecule has 1 N–H and O–H groups in total. The average molecular weight is 195 g/mol. The first-order valence-corrected chi connectivity index (χ1v) is 5.14. The smallest absolute Gasteiger partial charge is 0.236 e. The molecule has 78 valence electrons. The summed E-state index contributed by atoms with van der Waals surface area (Å²) in [5.41, 5.74) is 0. The van der Waals surface area contributed by atoms with Crippen LogP contribution in [0, 0.1) is 0 Å². The number of hydrogen-bond acceptors (Lipinski definition) is 3. The number of piperazine rings is 2. The van der Waals surface area contributed by atoms with Gasteiger partial charge < -0.3 is 10.2 Å². The van der Waals surface area contributed by atoms with Crippen molar-refractivity contribution in [3.63, 3.8) is 0 Å². The molecular formula is C10H17N3O. The summed E-state index contributed by atoms with van der Waals surface area (Å²) in [5, 5.41) is 3.15. The molecule has 1 atom stereocenters. The Morgan fingerprint density at radius 3 is 3.21 bits per heavy atom. The van der Waals surface area contributed by atoms with Crippen LogP contribution in [-0.4, -0.2) is 61.0 Å². The minimum absolute atomic E-state index is 0.250. The topological polar surface area (TPSA) is 35.6 Å². The van der Waals surface area contributed by atoms with E-state index in [9.17, 15) is 4.79 Å². The van der Waals surface area contributed by atoms with Gasteiger partial charge in [0.1, 0.15) is 0 Å². The van der Waals surface area contributed by atoms with Crippen LogP contribution < -0.4 is 5.32 Å². The van der Waals surface area contributed by atoms with Crippen molar-refractivity contribution < 1.29 is 4.79 Å². The highest BCUT2D eigenvalue weighted by molar-refractivity contribution is 5.79. The monoisotopic (exact) mass is 195 g/mol. The van der Waals surface area contributed by atoms with Crippen molar-refractivity contribution in [3.8, 4) is 0 Å². The summed E-state index contributed by atoms with van der Waals surface area (Å²) in [6.07, 6.45) is 1.92. The van der Waals surface area contributed by atoms with Gasteiger partial charge in [-0.3, -0.25) is 9.69 Å². The van der Waals surface area contributed by atoms with Gasteiger partial charge in [0.2, 0.25) is 5.91 Å². The maximum Gasteiger partial charge on any atom is 0.236 e. The molecule has 2 heterocycles. The van der Waals surface area contributed by atoms with E-state index in [2.05, 4.69) is 16.8 Å². The lowest BCUT2D eigenvalue weighted by Crippen LogP contribution is -2.63. The van der Waals surface area contributed by atoms with E-state index < -0.39 is 0 Å². The van der Waals surface area contributed by atoms with Crippen LogP contribution in [0.15, 0.2) is 12.7 Å². The molecule has 0 aromatic rings. The van der Waals surface area contributed by atoms with Gasteiger partial charge in [-0.2, -0.15) is 0 Å². The van der Waals surface area contributed by atoms with E-state index >= 15 is 0 Å². The third-order valence-electron chi connectivity index (χ3n) is 2.93. The van der Waals surface area contributed by atoms with Crippen molar-refractivity contribution in [3.05, 3.63) is 12.7 Å². The van der Waals surface area contributed by atoms with Crippen LogP contribution in [0.1, 0.15) is 0 Å². The van der Waals surface area contributed by atoms with Crippen LogP contribution in [-0.2, 0) is 4.79 Å². The molecule has 0 aromatic heterocycles. The number of nitrogens with one attached hydrogen (secondary N) is 1. The fourth-order valence-corrected chi connectivity index (χ4v) is 2.22. The Labute approximate surface area is 84.6 Å². The van der Waals surface area contributed by atoms with Crippen LogP contribution in [0.2, 0.25) is 0 Å². The second-order valence-corrected chi connectivity index (χ2v) is 3.92. The van der Waals surface area contributed by atoms with Gasteiger partial charge in [-0.15, -0.1) is 6.58 Å². The van der Waals surface area contributed by atoms with E-state index in [4.69, 9.17) is 0 Å². The SMILES string of the molecule is C=CCN1CCN2C(=O)CNCC2C1. The quantitative estimate of drug-likeness (QED) is 0.591. The fourth-order valence-electron chi connectivity index (χ4n) is 2.22. The zero-order chi connectivity index (χ0) is 9.97. The Kier molecular flexibility index (Phi) is 2.84. The van der Waals surface area contributed by atoms with Gasteiger partial charge in [-0.25, -0.2) is 0 Å². The van der Waals surface area contributed by atoms with Crippen molar-refractivity contribution in [1.29, 1.82) is 0 Å². The predicted octanol–water partition coefficient (Wildman–Crippen LogP) is -0.712. The summed E-state index contributed by atoms with van der Waals surface area (Å²) in [6, 6.07) is 0.366. The number of hydrogen-bond donors (Lipinski definition) is 1. The van der Waals surface area contributed by atoms with Crippen molar-refractivity contribution in [1.82, 2.24) is 15.1 Å². The third kappa shape index (κ3) is 1.81. The van der Waals surface area contributed by atoms with Crippen molar-refractivity contribution in [2.24, 2.45) is 0 Å². The first-order valence-electron chi connectivity index (χ1n) is 5.14. The molecule has 2 rings (SSSR count). The van der Waals surface area contributed by atoms with Crippen LogP contribution in [0.4, 0.5) is 0 Å². The molecule has 2 saturated heterocycles. The molecule has 2 aliphatic heterocycles. The van der Waals surface area contributed by atoms with E-state index in [1.165, 1.54) is 0 Å². The molecule has 0 radical (unpaired) electrons. The molecule has 2 aliphatic rings. The standard InChI is InChI=1S/C10H17N3O/c1-2-3-12-4-5-13-9(8-12)6-11-7-10(13)14/h2,9,11H,1,3-8H2. The van der Waals surface area contributed by atoms with Crippen molar-refractivity contribution in [2.75, 3.05) is 39.3 Å². The minimum atomic E-state index is 0.250. The highest BCUT2D eigenvalue weighted by Crippen LogP contribution is 2.11. The summed E-state index contributed by atoms with van der Waals surface area (Å²) in [7, 11) is 0.